The number of amides is 2. The zero-order chi connectivity index (χ0) is 36.9. The Bertz CT molecular complexity index is 1310. The van der Waals surface area contributed by atoms with Crippen LogP contribution in [0.25, 0.3) is 0 Å². The lowest BCUT2D eigenvalue weighted by atomic mass is 9.32. The highest BCUT2D eigenvalue weighted by atomic mass is 32.2. The maximum Gasteiger partial charge on any atom is 0.326 e. The summed E-state index contributed by atoms with van der Waals surface area (Å²) in [5, 5.41) is 37.6. The fourth-order valence-corrected chi connectivity index (χ4v) is 14.1. The number of aliphatic hydroxyl groups is 2. The molecule has 0 aromatic heterocycles. The van der Waals surface area contributed by atoms with E-state index in [9.17, 15) is 29.7 Å². The van der Waals surface area contributed by atoms with E-state index in [0.29, 0.717) is 36.2 Å². The second kappa shape index (κ2) is 14.9. The minimum Gasteiger partial charge on any atom is -0.480 e. The van der Waals surface area contributed by atoms with Gasteiger partial charge < -0.3 is 26.0 Å². The average molecular weight is 735 g/mol. The molecule has 284 valence electrons. The fraction of sp³-hybridized carbons (Fsp3) is 0.875. The molecule has 0 bridgehead atoms. The van der Waals surface area contributed by atoms with Crippen LogP contribution in [0.2, 0.25) is 0 Å². The van der Waals surface area contributed by atoms with Gasteiger partial charge in [-0.2, -0.15) is 23.5 Å². The fourth-order valence-electron chi connectivity index (χ4n) is 13.1. The average Bonchev–Trinajstić information content (AvgIpc) is 3.48. The molecule has 5 saturated carbocycles. The Balaban J connectivity index is 1.45. The number of fused-ring (bicyclic) bond motifs is 7. The number of allylic oxidation sites excluding steroid dienone is 1. The van der Waals surface area contributed by atoms with Gasteiger partial charge >= 0.3 is 5.97 Å². The van der Waals surface area contributed by atoms with Crippen LogP contribution in [0, 0.1) is 56.7 Å². The number of rotatable bonds is 13. The van der Waals surface area contributed by atoms with Crippen LogP contribution in [0.15, 0.2) is 12.2 Å². The van der Waals surface area contributed by atoms with E-state index < -0.39 is 40.9 Å². The molecule has 5 aliphatic rings. The van der Waals surface area contributed by atoms with Crippen molar-refractivity contribution in [3.8, 4) is 0 Å². The Morgan fingerprint density at radius 3 is 2.08 bits per heavy atom. The summed E-state index contributed by atoms with van der Waals surface area (Å²) in [5.41, 5.74) is 0.185. The summed E-state index contributed by atoms with van der Waals surface area (Å²) in [5.74, 6) is 1.27. The number of carboxylic acid groups (broad SMARTS) is 1. The summed E-state index contributed by atoms with van der Waals surface area (Å²) in [6.07, 6.45) is 13.5. The molecule has 0 aromatic rings. The monoisotopic (exact) mass is 734 g/mol. The maximum absolute atomic E-state index is 14.9. The first-order chi connectivity index (χ1) is 23.5. The number of hydrogen-bond acceptors (Lipinski definition) is 7. The topological polar surface area (TPSA) is 136 Å². The number of hydrogen-bond donors (Lipinski definition) is 5. The number of aliphatic carboxylic acids is 1. The van der Waals surface area contributed by atoms with E-state index in [1.807, 2.05) is 12.5 Å². The van der Waals surface area contributed by atoms with Crippen molar-refractivity contribution in [2.45, 2.75) is 130 Å². The van der Waals surface area contributed by atoms with Crippen molar-refractivity contribution in [3.05, 3.63) is 12.2 Å². The van der Waals surface area contributed by atoms with Gasteiger partial charge in [0.2, 0.25) is 11.8 Å². The van der Waals surface area contributed by atoms with Crippen molar-refractivity contribution in [2.75, 3.05) is 30.6 Å². The molecule has 0 aliphatic heterocycles. The van der Waals surface area contributed by atoms with Crippen LogP contribution >= 0.6 is 23.5 Å². The molecule has 0 aromatic carbocycles. The Kier molecular flexibility index (Phi) is 11.9. The number of carbonyl (C=O) groups excluding carboxylic acids is 2. The molecule has 10 heteroatoms. The molecular formula is C40H66N2O6S2. The minimum absolute atomic E-state index is 0.0164. The summed E-state index contributed by atoms with van der Waals surface area (Å²) in [4.78, 5) is 40.5. The second-order valence-electron chi connectivity index (χ2n) is 18.0. The molecule has 0 spiro atoms. The van der Waals surface area contributed by atoms with E-state index in [1.165, 1.54) is 0 Å². The second-order valence-corrected chi connectivity index (χ2v) is 20.0. The standard InChI is InChI=1S/C40H66N2O6S2/c1-24(2)25-11-18-40(35(48)42-27(14-21-49-7)33(45)41-28(34(46)47)15-22-50-8)20-19-38(5)26(32(25)40)9-10-30-36(3)16-13-31(44)37(4,23-43)29(36)12-17-39(30,38)6/h25-32,43-44H,1,9-23H2,2-8H3,(H,41,45)(H,42,48)(H,46,47)/t25-,26+,27-,28-,29+,30+,31-,32+,36-,37-,38+,39+,40-/m0/s1. The number of aliphatic hydroxyl groups excluding tert-OH is 2. The van der Waals surface area contributed by atoms with E-state index >= 15 is 0 Å². The Morgan fingerprint density at radius 1 is 0.820 bits per heavy atom. The van der Waals surface area contributed by atoms with Crippen LogP contribution < -0.4 is 10.6 Å². The highest BCUT2D eigenvalue weighted by Crippen LogP contribution is 2.77. The smallest absolute Gasteiger partial charge is 0.326 e. The van der Waals surface area contributed by atoms with E-state index in [0.717, 1.165) is 69.8 Å². The SMILES string of the molecule is C=C(C)[C@@H]1CC[C@]2(C(=O)N[C@@H](CCSC)C(=O)N[C@@H](CCSC)C(=O)O)CC[C@]3(C)[C@H](CC[C@@H]4[C@@]5(C)CC[C@H](O)[C@@](C)(CO)[C@@H]5CC[C@]43C)[C@@H]12. The number of thioether (sulfide) groups is 2. The van der Waals surface area contributed by atoms with Crippen LogP contribution in [0.3, 0.4) is 0 Å². The minimum atomic E-state index is -1.05. The third-order valence-corrected chi connectivity index (χ3v) is 17.4. The largest absolute Gasteiger partial charge is 0.480 e. The molecule has 13 atom stereocenters. The Morgan fingerprint density at radius 2 is 1.48 bits per heavy atom. The van der Waals surface area contributed by atoms with Crippen molar-refractivity contribution < 1.29 is 29.7 Å². The maximum atomic E-state index is 14.9. The van der Waals surface area contributed by atoms with Crippen molar-refractivity contribution in [3.63, 3.8) is 0 Å². The van der Waals surface area contributed by atoms with Crippen LogP contribution in [-0.4, -0.2) is 81.9 Å². The lowest BCUT2D eigenvalue weighted by molar-refractivity contribution is -0.252. The number of carboxylic acids is 1. The third kappa shape index (κ3) is 6.29. The zero-order valence-corrected chi connectivity index (χ0v) is 33.4. The molecule has 8 nitrogen and oxygen atoms in total. The molecule has 0 heterocycles. The lowest BCUT2D eigenvalue weighted by Crippen LogP contribution is -2.68. The first kappa shape index (κ1) is 40.0. The van der Waals surface area contributed by atoms with E-state index in [4.69, 9.17) is 0 Å². The molecule has 5 rings (SSSR count). The number of carbonyl (C=O) groups is 3. The molecule has 2 amide bonds. The Hall–Kier alpha value is -1.23. The normalized spacial score (nSPS) is 43.3. The predicted molar refractivity (Wildman–Crippen MR) is 204 cm³/mol. The highest BCUT2D eigenvalue weighted by molar-refractivity contribution is 7.98. The molecule has 0 radical (unpaired) electrons. The quantitative estimate of drug-likeness (QED) is 0.135. The molecule has 5 aliphatic carbocycles. The van der Waals surface area contributed by atoms with Gasteiger partial charge in [-0.1, -0.05) is 39.8 Å². The van der Waals surface area contributed by atoms with Gasteiger partial charge in [0.15, 0.2) is 0 Å². The van der Waals surface area contributed by atoms with Gasteiger partial charge in [-0.15, -0.1) is 0 Å². The summed E-state index contributed by atoms with van der Waals surface area (Å²) < 4.78 is 0. The molecule has 0 unspecified atom stereocenters. The first-order valence-electron chi connectivity index (χ1n) is 19.3. The molecule has 50 heavy (non-hydrogen) atoms. The van der Waals surface area contributed by atoms with Gasteiger partial charge in [0.25, 0.3) is 0 Å². The third-order valence-electron chi connectivity index (χ3n) is 16.1. The van der Waals surface area contributed by atoms with Gasteiger partial charge in [0, 0.05) is 5.41 Å². The van der Waals surface area contributed by atoms with Crippen molar-refractivity contribution in [2.24, 2.45) is 56.7 Å². The summed E-state index contributed by atoms with van der Waals surface area (Å²) in [6.45, 7) is 16.3. The van der Waals surface area contributed by atoms with Crippen molar-refractivity contribution >= 4 is 41.3 Å². The number of nitrogens with one attached hydrogen (secondary N) is 2. The van der Waals surface area contributed by atoms with Crippen LogP contribution in [0.5, 0.6) is 0 Å². The summed E-state index contributed by atoms with van der Waals surface area (Å²) in [6, 6.07) is -1.77. The molecular weight excluding hydrogens is 669 g/mol. The zero-order valence-electron chi connectivity index (χ0n) is 31.8. The van der Waals surface area contributed by atoms with Gasteiger partial charge in [0.05, 0.1) is 18.1 Å². The predicted octanol–water partition coefficient (Wildman–Crippen LogP) is 6.54. The van der Waals surface area contributed by atoms with Crippen LogP contribution in [0.1, 0.15) is 112 Å². The van der Waals surface area contributed by atoms with E-state index in [1.54, 1.807) is 23.5 Å². The van der Waals surface area contributed by atoms with Crippen molar-refractivity contribution in [1.29, 1.82) is 0 Å². The first-order valence-corrected chi connectivity index (χ1v) is 22.1. The van der Waals surface area contributed by atoms with Crippen LogP contribution in [-0.2, 0) is 14.4 Å². The van der Waals surface area contributed by atoms with Crippen LogP contribution in [0.4, 0.5) is 0 Å². The highest BCUT2D eigenvalue weighted by Gasteiger charge is 2.72. The molecule has 0 saturated heterocycles. The van der Waals surface area contributed by atoms with Gasteiger partial charge in [-0.05, 0) is 154 Å². The molecule has 5 fully saturated rings. The van der Waals surface area contributed by atoms with E-state index in [2.05, 4.69) is 51.8 Å². The summed E-state index contributed by atoms with van der Waals surface area (Å²) >= 11 is 3.16. The molecule has 5 N–H and O–H groups in total. The van der Waals surface area contributed by atoms with Gasteiger partial charge in [-0.3, -0.25) is 9.59 Å². The van der Waals surface area contributed by atoms with E-state index in [-0.39, 0.29) is 46.5 Å². The Labute approximate surface area is 309 Å². The summed E-state index contributed by atoms with van der Waals surface area (Å²) in [7, 11) is 0. The van der Waals surface area contributed by atoms with Gasteiger partial charge in [0.1, 0.15) is 12.1 Å². The van der Waals surface area contributed by atoms with Crippen molar-refractivity contribution in [1.82, 2.24) is 10.6 Å². The lowest BCUT2D eigenvalue weighted by Gasteiger charge is -2.73. The van der Waals surface area contributed by atoms with Gasteiger partial charge in [-0.25, -0.2) is 4.79 Å².